The molecule has 2 atom stereocenters. The zero-order valence-electron chi connectivity index (χ0n) is 7.55. The van der Waals surface area contributed by atoms with Crippen molar-refractivity contribution in [1.82, 2.24) is 0 Å². The lowest BCUT2D eigenvalue weighted by atomic mass is 9.69. The van der Waals surface area contributed by atoms with Crippen LogP contribution in [0.15, 0.2) is 12.2 Å². The lowest BCUT2D eigenvalue weighted by Crippen LogP contribution is -2.33. The molecule has 1 heteroatoms. The molecule has 0 radical (unpaired) electrons. The second-order valence-corrected chi connectivity index (χ2v) is 3.79. The summed E-state index contributed by atoms with van der Waals surface area (Å²) in [5, 5.41) is 0. The van der Waals surface area contributed by atoms with E-state index < -0.39 is 0 Å². The third-order valence-corrected chi connectivity index (χ3v) is 3.09. The van der Waals surface area contributed by atoms with E-state index in [-0.39, 0.29) is 5.41 Å². The highest BCUT2D eigenvalue weighted by molar-refractivity contribution is 5.82. The monoisotopic (exact) mass is 152 g/mol. The number of carbonyl (C=O) groups excluding carboxylic acids is 1. The van der Waals surface area contributed by atoms with Gasteiger partial charge in [0.15, 0.2) is 0 Å². The minimum Gasteiger partial charge on any atom is -0.299 e. The van der Waals surface area contributed by atoms with Crippen molar-refractivity contribution in [3.8, 4) is 0 Å². The first-order valence-corrected chi connectivity index (χ1v) is 4.23. The minimum atomic E-state index is -0.0885. The zero-order chi connectivity index (χ0) is 8.48. The summed E-state index contributed by atoms with van der Waals surface area (Å²) >= 11 is 0. The molecule has 1 aliphatic rings. The minimum absolute atomic E-state index is 0.0885. The van der Waals surface area contributed by atoms with Crippen LogP contribution in [-0.2, 0) is 4.79 Å². The van der Waals surface area contributed by atoms with E-state index in [4.69, 9.17) is 0 Å². The Balaban J connectivity index is 2.84. The van der Waals surface area contributed by atoms with Gasteiger partial charge in [0.05, 0.1) is 0 Å². The third kappa shape index (κ3) is 1.37. The molecule has 1 nitrogen and oxygen atoms in total. The van der Waals surface area contributed by atoms with Gasteiger partial charge in [0.2, 0.25) is 0 Å². The average Bonchev–Trinajstić information content (AvgIpc) is 1.95. The fourth-order valence-corrected chi connectivity index (χ4v) is 1.58. The highest BCUT2D eigenvalue weighted by atomic mass is 16.1. The molecule has 0 saturated heterocycles. The summed E-state index contributed by atoms with van der Waals surface area (Å²) < 4.78 is 0. The molecule has 0 aromatic heterocycles. The van der Waals surface area contributed by atoms with Gasteiger partial charge in [0, 0.05) is 5.41 Å². The van der Waals surface area contributed by atoms with Gasteiger partial charge in [-0.05, 0) is 25.7 Å². The Kier molecular flexibility index (Phi) is 2.17. The van der Waals surface area contributed by atoms with Gasteiger partial charge in [-0.1, -0.05) is 26.0 Å². The maximum absolute atomic E-state index is 11.3. The predicted octanol–water partition coefficient (Wildman–Crippen LogP) is 2.57. The summed E-state index contributed by atoms with van der Waals surface area (Å²) in [6.45, 7) is 5.93. The fourth-order valence-electron chi connectivity index (χ4n) is 1.58. The first-order valence-electron chi connectivity index (χ1n) is 4.23. The lowest BCUT2D eigenvalue weighted by Gasteiger charge is -2.34. The number of carbonyl (C=O) groups is 1. The molecule has 0 N–H and O–H groups in total. The van der Waals surface area contributed by atoms with Crippen molar-refractivity contribution in [3.63, 3.8) is 0 Å². The first kappa shape index (κ1) is 8.51. The van der Waals surface area contributed by atoms with Gasteiger partial charge >= 0.3 is 0 Å². The standard InChI is InChI=1S/C10H16O/c1-8-6-4-5-7-10(8,3)9(2)11/h4-5,8H,6-7H2,1-3H3. The summed E-state index contributed by atoms with van der Waals surface area (Å²) in [6, 6.07) is 0. The molecule has 0 aromatic rings. The molecule has 0 heterocycles. The van der Waals surface area contributed by atoms with Gasteiger partial charge in [-0.15, -0.1) is 0 Å². The van der Waals surface area contributed by atoms with Crippen molar-refractivity contribution >= 4 is 5.78 Å². The Hall–Kier alpha value is -0.590. The lowest BCUT2D eigenvalue weighted by molar-refractivity contribution is -0.128. The summed E-state index contributed by atoms with van der Waals surface area (Å²) in [5.74, 6) is 0.833. The van der Waals surface area contributed by atoms with E-state index in [1.165, 1.54) is 0 Å². The van der Waals surface area contributed by atoms with Crippen molar-refractivity contribution in [2.45, 2.75) is 33.6 Å². The smallest absolute Gasteiger partial charge is 0.136 e. The van der Waals surface area contributed by atoms with Crippen molar-refractivity contribution in [3.05, 3.63) is 12.2 Å². The molecule has 0 fully saturated rings. The number of allylic oxidation sites excluding steroid dienone is 2. The largest absolute Gasteiger partial charge is 0.299 e. The molecule has 0 saturated carbocycles. The molecule has 11 heavy (non-hydrogen) atoms. The van der Waals surface area contributed by atoms with E-state index in [0.29, 0.717) is 11.7 Å². The molecule has 1 rings (SSSR count). The summed E-state index contributed by atoms with van der Waals surface area (Å²) in [7, 11) is 0. The third-order valence-electron chi connectivity index (χ3n) is 3.09. The molecule has 0 aliphatic heterocycles. The Labute approximate surface area is 68.5 Å². The first-order chi connectivity index (χ1) is 5.07. The van der Waals surface area contributed by atoms with Gasteiger partial charge < -0.3 is 0 Å². The molecule has 0 amide bonds. The Morgan fingerprint density at radius 1 is 1.55 bits per heavy atom. The van der Waals surface area contributed by atoms with Crippen LogP contribution in [-0.4, -0.2) is 5.78 Å². The molecule has 62 valence electrons. The summed E-state index contributed by atoms with van der Waals surface area (Å²) in [6.07, 6.45) is 6.27. The van der Waals surface area contributed by atoms with Crippen LogP contribution >= 0.6 is 0 Å². The topological polar surface area (TPSA) is 17.1 Å². The van der Waals surface area contributed by atoms with E-state index >= 15 is 0 Å². The maximum atomic E-state index is 11.3. The maximum Gasteiger partial charge on any atom is 0.136 e. The molecule has 1 aliphatic carbocycles. The van der Waals surface area contributed by atoms with Crippen LogP contribution in [0, 0.1) is 11.3 Å². The molecule has 0 aromatic carbocycles. The van der Waals surface area contributed by atoms with Crippen LogP contribution in [0.3, 0.4) is 0 Å². The molecule has 0 spiro atoms. The Morgan fingerprint density at radius 2 is 2.18 bits per heavy atom. The van der Waals surface area contributed by atoms with Crippen LogP contribution in [0.4, 0.5) is 0 Å². The SMILES string of the molecule is CC(=O)C1(C)CC=CCC1C. The van der Waals surface area contributed by atoms with Gasteiger partial charge in [-0.25, -0.2) is 0 Å². The van der Waals surface area contributed by atoms with Crippen LogP contribution in [0.5, 0.6) is 0 Å². The second-order valence-electron chi connectivity index (χ2n) is 3.79. The quantitative estimate of drug-likeness (QED) is 0.528. The van der Waals surface area contributed by atoms with Crippen molar-refractivity contribution in [1.29, 1.82) is 0 Å². The second kappa shape index (κ2) is 2.80. The van der Waals surface area contributed by atoms with E-state index in [0.717, 1.165) is 12.8 Å². The van der Waals surface area contributed by atoms with Crippen molar-refractivity contribution in [2.75, 3.05) is 0 Å². The van der Waals surface area contributed by atoms with Crippen LogP contribution in [0.2, 0.25) is 0 Å². The highest BCUT2D eigenvalue weighted by Crippen LogP contribution is 2.37. The van der Waals surface area contributed by atoms with Gasteiger partial charge in [-0.3, -0.25) is 4.79 Å². The molecule has 0 bridgehead atoms. The molecular formula is C10H16O. The average molecular weight is 152 g/mol. The van der Waals surface area contributed by atoms with E-state index in [9.17, 15) is 4.79 Å². The van der Waals surface area contributed by atoms with Crippen LogP contribution < -0.4 is 0 Å². The van der Waals surface area contributed by atoms with Crippen LogP contribution in [0.1, 0.15) is 33.6 Å². The van der Waals surface area contributed by atoms with Gasteiger partial charge in [0.25, 0.3) is 0 Å². The van der Waals surface area contributed by atoms with E-state index in [1.54, 1.807) is 6.92 Å². The highest BCUT2D eigenvalue weighted by Gasteiger charge is 2.35. The summed E-state index contributed by atoms with van der Waals surface area (Å²) in [4.78, 5) is 11.3. The number of hydrogen-bond acceptors (Lipinski definition) is 1. The number of rotatable bonds is 1. The van der Waals surface area contributed by atoms with E-state index in [2.05, 4.69) is 26.0 Å². The van der Waals surface area contributed by atoms with Crippen molar-refractivity contribution < 1.29 is 4.79 Å². The number of Topliss-reactive ketones (excluding diaryl/α,β-unsaturated/α-hetero) is 1. The Morgan fingerprint density at radius 3 is 2.55 bits per heavy atom. The van der Waals surface area contributed by atoms with E-state index in [1.807, 2.05) is 0 Å². The fraction of sp³-hybridized carbons (Fsp3) is 0.700. The predicted molar refractivity (Wildman–Crippen MR) is 46.3 cm³/mol. The number of hydrogen-bond donors (Lipinski definition) is 0. The zero-order valence-corrected chi connectivity index (χ0v) is 7.55. The van der Waals surface area contributed by atoms with Gasteiger partial charge in [0.1, 0.15) is 5.78 Å². The normalized spacial score (nSPS) is 37.2. The Bertz CT molecular complexity index is 193. The molecule has 2 unspecified atom stereocenters. The number of ketones is 1. The van der Waals surface area contributed by atoms with Gasteiger partial charge in [-0.2, -0.15) is 0 Å². The van der Waals surface area contributed by atoms with Crippen molar-refractivity contribution in [2.24, 2.45) is 11.3 Å². The van der Waals surface area contributed by atoms with Crippen LogP contribution in [0.25, 0.3) is 0 Å². The molecular weight excluding hydrogens is 136 g/mol. The summed E-state index contributed by atoms with van der Waals surface area (Å²) in [5.41, 5.74) is -0.0885.